The van der Waals surface area contributed by atoms with Gasteiger partial charge in [-0.15, -0.1) is 0 Å². The molecule has 1 amide bonds. The van der Waals surface area contributed by atoms with Crippen molar-refractivity contribution >= 4 is 23.4 Å². The molecule has 0 radical (unpaired) electrons. The molecule has 9 heteroatoms. The molecule has 0 aliphatic carbocycles. The van der Waals surface area contributed by atoms with E-state index in [1.54, 1.807) is 32.2 Å². The van der Waals surface area contributed by atoms with Crippen LogP contribution in [0.1, 0.15) is 6.92 Å². The first-order chi connectivity index (χ1) is 11.0. The number of anilines is 1. The van der Waals surface area contributed by atoms with Crippen molar-refractivity contribution in [2.75, 3.05) is 18.5 Å². The second kappa shape index (κ2) is 6.37. The number of carbonyl (C=O) groups is 1. The molecule has 1 aliphatic rings. The molecule has 1 unspecified atom stereocenters. The van der Waals surface area contributed by atoms with Crippen LogP contribution in [-0.4, -0.2) is 29.6 Å². The Labute approximate surface area is 135 Å². The summed E-state index contributed by atoms with van der Waals surface area (Å²) in [7, 11) is 1.64. The monoisotopic (exact) mass is 338 g/mol. The molecule has 1 aromatic heterocycles. The lowest BCUT2D eigenvalue weighted by Gasteiger charge is -2.19. The molecule has 0 saturated heterocycles. The molecule has 2 N–H and O–H groups in total. The van der Waals surface area contributed by atoms with Gasteiger partial charge in [-0.1, -0.05) is 4.68 Å². The third-order valence-corrected chi connectivity index (χ3v) is 4.45. The number of amides is 1. The van der Waals surface area contributed by atoms with Gasteiger partial charge in [0.2, 0.25) is 5.91 Å². The summed E-state index contributed by atoms with van der Waals surface area (Å²) in [4.78, 5) is 23.8. The van der Waals surface area contributed by atoms with E-state index in [1.807, 2.05) is 0 Å². The van der Waals surface area contributed by atoms with Crippen molar-refractivity contribution in [1.29, 1.82) is 0 Å². The number of benzene rings is 1. The van der Waals surface area contributed by atoms with Gasteiger partial charge in [0.05, 0.1) is 5.25 Å². The predicted octanol–water partition coefficient (Wildman–Crippen LogP) is 0.683. The van der Waals surface area contributed by atoms with Crippen molar-refractivity contribution in [3.63, 3.8) is 0 Å². The summed E-state index contributed by atoms with van der Waals surface area (Å²) in [5.41, 5.74) is 0.105. The van der Waals surface area contributed by atoms with Gasteiger partial charge < -0.3 is 14.8 Å². The van der Waals surface area contributed by atoms with E-state index in [1.165, 1.54) is 4.68 Å². The Morgan fingerprint density at radius 2 is 2.09 bits per heavy atom. The number of hydrogen-bond acceptors (Lipinski definition) is 6. The van der Waals surface area contributed by atoms with Crippen LogP contribution in [-0.2, 0) is 11.8 Å². The number of thioether (sulfide) groups is 1. The fraction of sp³-hybridized carbons (Fsp3) is 0.357. The molecule has 2 heterocycles. The number of nitrogens with one attached hydrogen (secondary N) is 2. The molecule has 1 aromatic carbocycles. The highest BCUT2D eigenvalue weighted by Gasteiger charge is 2.25. The summed E-state index contributed by atoms with van der Waals surface area (Å²) < 4.78 is 17.0. The zero-order valence-electron chi connectivity index (χ0n) is 12.6. The molecule has 8 nitrogen and oxygen atoms in total. The van der Waals surface area contributed by atoms with Gasteiger partial charge in [0.1, 0.15) is 13.2 Å². The molecule has 3 rings (SSSR count). The minimum atomic E-state index is -0.503. The highest BCUT2D eigenvalue weighted by Crippen LogP contribution is 2.32. The fourth-order valence-electron chi connectivity index (χ4n) is 2.05. The number of ether oxygens (including phenoxy) is 2. The summed E-state index contributed by atoms with van der Waals surface area (Å²) in [6, 6.07) is 5.21. The van der Waals surface area contributed by atoms with Crippen LogP contribution in [0.3, 0.4) is 0 Å². The Morgan fingerprint density at radius 1 is 1.35 bits per heavy atom. The van der Waals surface area contributed by atoms with Crippen LogP contribution in [0.15, 0.2) is 32.5 Å². The highest BCUT2D eigenvalue weighted by molar-refractivity contribution is 8.00. The maximum absolute atomic E-state index is 12.3. The molecule has 0 spiro atoms. The normalized spacial score (nSPS) is 14.3. The van der Waals surface area contributed by atoms with E-state index in [4.69, 9.17) is 9.47 Å². The predicted molar refractivity (Wildman–Crippen MR) is 81.9 cm³/mol. The SMILES string of the molecule is CC(Sc1c(=O)o[nH][n+]1C)C(=O)Nc1ccc2c(c1)OCCO2. The van der Waals surface area contributed by atoms with E-state index < -0.39 is 10.9 Å². The van der Waals surface area contributed by atoms with E-state index >= 15 is 0 Å². The molecule has 0 fully saturated rings. The van der Waals surface area contributed by atoms with E-state index in [0.717, 1.165) is 11.8 Å². The van der Waals surface area contributed by atoms with Crippen molar-refractivity contribution in [3.8, 4) is 11.5 Å². The summed E-state index contributed by atoms with van der Waals surface area (Å²) in [6.45, 7) is 2.71. The first kappa shape index (κ1) is 15.5. The summed E-state index contributed by atoms with van der Waals surface area (Å²) in [5.74, 6) is 1.04. The van der Waals surface area contributed by atoms with Gasteiger partial charge in [0.25, 0.3) is 0 Å². The number of fused-ring (bicyclic) bond motifs is 1. The van der Waals surface area contributed by atoms with Crippen molar-refractivity contribution in [2.45, 2.75) is 17.2 Å². The molecular weight excluding hydrogens is 322 g/mol. The average molecular weight is 338 g/mol. The quantitative estimate of drug-likeness (QED) is 0.629. The first-order valence-electron chi connectivity index (χ1n) is 6.99. The Kier molecular flexibility index (Phi) is 4.28. The van der Waals surface area contributed by atoms with E-state index in [2.05, 4.69) is 15.1 Å². The maximum atomic E-state index is 12.3. The molecule has 0 saturated carbocycles. The van der Waals surface area contributed by atoms with Gasteiger partial charge >= 0.3 is 10.7 Å². The number of H-pyrrole nitrogens is 1. The minimum absolute atomic E-state index is 0.229. The van der Waals surface area contributed by atoms with E-state index in [9.17, 15) is 9.59 Å². The standard InChI is InChI=1S/C14H15N3O5S/c1-8(23-13-14(19)22-16-17(13)2)12(18)15-9-3-4-10-11(7-9)21-6-5-20-10/h3-4,7-8H,5-6H2,1-2H3,(H-,15,16,18,19)/p+1. The summed E-state index contributed by atoms with van der Waals surface area (Å²) in [6.07, 6.45) is 0. The second-order valence-electron chi connectivity index (χ2n) is 4.95. The van der Waals surface area contributed by atoms with E-state index in [0.29, 0.717) is 35.4 Å². The van der Waals surface area contributed by atoms with Crippen molar-refractivity contribution in [1.82, 2.24) is 5.27 Å². The molecule has 2 aromatic rings. The van der Waals surface area contributed by atoms with Gasteiger partial charge in [-0.3, -0.25) is 9.32 Å². The summed E-state index contributed by atoms with van der Waals surface area (Å²) >= 11 is 1.12. The third-order valence-electron chi connectivity index (χ3n) is 3.22. The number of aromatic amines is 1. The maximum Gasteiger partial charge on any atom is 0.441 e. The number of aryl methyl sites for hydroxylation is 1. The molecule has 0 bridgehead atoms. The summed E-state index contributed by atoms with van der Waals surface area (Å²) in [5, 5.41) is 5.06. The zero-order valence-corrected chi connectivity index (χ0v) is 13.4. The zero-order chi connectivity index (χ0) is 16.4. The van der Waals surface area contributed by atoms with Gasteiger partial charge in [-0.25, -0.2) is 4.79 Å². The number of nitrogens with zero attached hydrogens (tertiary/aromatic N) is 1. The molecule has 23 heavy (non-hydrogen) atoms. The van der Waals surface area contributed by atoms with Crippen molar-refractivity contribution in [2.24, 2.45) is 7.05 Å². The van der Waals surface area contributed by atoms with Crippen LogP contribution in [0, 0.1) is 0 Å². The van der Waals surface area contributed by atoms with Crippen molar-refractivity contribution < 1.29 is 23.5 Å². The largest absolute Gasteiger partial charge is 0.486 e. The van der Waals surface area contributed by atoms with Crippen LogP contribution in [0.4, 0.5) is 5.69 Å². The lowest BCUT2D eigenvalue weighted by molar-refractivity contribution is -0.772. The fourth-order valence-corrected chi connectivity index (χ4v) is 2.88. The smallest absolute Gasteiger partial charge is 0.441 e. The first-order valence-corrected chi connectivity index (χ1v) is 7.87. The van der Waals surface area contributed by atoms with Gasteiger partial charge in [-0.05, 0) is 36.1 Å². The number of aromatic nitrogens is 2. The van der Waals surface area contributed by atoms with Gasteiger partial charge in [0.15, 0.2) is 18.5 Å². The lowest BCUT2D eigenvalue weighted by Crippen LogP contribution is -2.35. The number of hydrogen-bond donors (Lipinski definition) is 2. The Hall–Kier alpha value is -2.42. The topological polar surface area (TPSA) is 97.4 Å². The Morgan fingerprint density at radius 3 is 2.78 bits per heavy atom. The molecule has 1 aliphatic heterocycles. The van der Waals surface area contributed by atoms with E-state index in [-0.39, 0.29) is 5.91 Å². The second-order valence-corrected chi connectivity index (χ2v) is 6.28. The number of rotatable bonds is 4. The van der Waals surface area contributed by atoms with Gasteiger partial charge in [-0.2, -0.15) is 0 Å². The van der Waals surface area contributed by atoms with Crippen molar-refractivity contribution in [3.05, 3.63) is 28.6 Å². The molecule has 122 valence electrons. The third kappa shape index (κ3) is 3.34. The Balaban J connectivity index is 1.68. The lowest BCUT2D eigenvalue weighted by atomic mass is 10.2. The van der Waals surface area contributed by atoms with Crippen LogP contribution < -0.4 is 25.1 Å². The van der Waals surface area contributed by atoms with Crippen LogP contribution in [0.2, 0.25) is 0 Å². The van der Waals surface area contributed by atoms with Crippen LogP contribution in [0.25, 0.3) is 0 Å². The van der Waals surface area contributed by atoms with Gasteiger partial charge in [0, 0.05) is 11.8 Å². The average Bonchev–Trinajstić information content (AvgIpc) is 2.86. The Bertz CT molecular complexity index is 785. The minimum Gasteiger partial charge on any atom is -0.486 e. The molecule has 1 atom stereocenters. The molecular formula is C14H16N3O5S+. The van der Waals surface area contributed by atoms with Crippen LogP contribution in [0.5, 0.6) is 11.5 Å². The highest BCUT2D eigenvalue weighted by atomic mass is 32.2. The van der Waals surface area contributed by atoms with Crippen LogP contribution >= 0.6 is 11.8 Å². The number of carbonyl (C=O) groups excluding carboxylic acids is 1.